The van der Waals surface area contributed by atoms with Gasteiger partial charge in [0.1, 0.15) is 5.01 Å². The topological polar surface area (TPSA) is 74.8 Å². The molecule has 1 N–H and O–H groups in total. The monoisotopic (exact) mass is 409 g/mol. The lowest BCUT2D eigenvalue weighted by Crippen LogP contribution is -2.27. The summed E-state index contributed by atoms with van der Waals surface area (Å²) in [6.07, 6.45) is 0. The summed E-state index contributed by atoms with van der Waals surface area (Å²) in [7, 11) is 1.80. The molecule has 4 aromatic rings. The van der Waals surface area contributed by atoms with Crippen LogP contribution >= 0.6 is 23.1 Å². The Morgan fingerprint density at radius 3 is 2.71 bits per heavy atom. The van der Waals surface area contributed by atoms with Gasteiger partial charge in [0.25, 0.3) is 0 Å². The van der Waals surface area contributed by atoms with Crippen molar-refractivity contribution in [2.45, 2.75) is 18.6 Å². The minimum atomic E-state index is 0.0194. The Morgan fingerprint density at radius 1 is 1.14 bits per heavy atom. The van der Waals surface area contributed by atoms with Crippen molar-refractivity contribution in [2.24, 2.45) is 0 Å². The van der Waals surface area contributed by atoms with E-state index in [2.05, 4.69) is 20.2 Å². The Morgan fingerprint density at radius 2 is 1.93 bits per heavy atom. The van der Waals surface area contributed by atoms with E-state index in [1.807, 2.05) is 55.5 Å². The molecule has 142 valence electrons. The minimum Gasteiger partial charge on any atom is -0.338 e. The molecule has 8 heteroatoms. The fraction of sp³-hybridized carbons (Fsp3) is 0.200. The molecular formula is C20H19N5OS2. The van der Waals surface area contributed by atoms with Gasteiger partial charge in [-0.3, -0.25) is 9.89 Å². The highest BCUT2D eigenvalue weighted by molar-refractivity contribution is 7.99. The number of aryl methyl sites for hydroxylation is 1. The van der Waals surface area contributed by atoms with Gasteiger partial charge in [0, 0.05) is 12.6 Å². The average Bonchev–Trinajstić information content (AvgIpc) is 3.33. The summed E-state index contributed by atoms with van der Waals surface area (Å²) >= 11 is 2.95. The van der Waals surface area contributed by atoms with E-state index in [-0.39, 0.29) is 11.7 Å². The molecule has 0 spiro atoms. The molecule has 6 nitrogen and oxygen atoms in total. The van der Waals surface area contributed by atoms with E-state index >= 15 is 0 Å². The van der Waals surface area contributed by atoms with Crippen molar-refractivity contribution < 1.29 is 4.79 Å². The standard InChI is InChI=1S/C20H19N5OS2/c1-13-7-9-14(10-8-13)19-22-20(24-23-19)27-12-18(26)25(2)11-17-21-15-5-3-4-6-16(15)28-17/h3-10H,11-12H2,1-2H3,(H,22,23,24). The number of hydrogen-bond acceptors (Lipinski definition) is 6. The van der Waals surface area contributed by atoms with Crippen molar-refractivity contribution in [3.8, 4) is 11.4 Å². The number of hydrogen-bond donors (Lipinski definition) is 1. The summed E-state index contributed by atoms with van der Waals surface area (Å²) in [6, 6.07) is 16.1. The predicted molar refractivity (Wildman–Crippen MR) is 113 cm³/mol. The molecule has 2 heterocycles. The zero-order chi connectivity index (χ0) is 19.5. The number of carbonyl (C=O) groups excluding carboxylic acids is 1. The summed E-state index contributed by atoms with van der Waals surface area (Å²) in [6.45, 7) is 2.54. The molecule has 0 fully saturated rings. The third-order valence-corrected chi connectivity index (χ3v) is 6.10. The van der Waals surface area contributed by atoms with Crippen LogP contribution < -0.4 is 0 Å². The van der Waals surface area contributed by atoms with Crippen LogP contribution in [0, 0.1) is 6.92 Å². The van der Waals surface area contributed by atoms with Gasteiger partial charge in [-0.15, -0.1) is 16.4 Å². The van der Waals surface area contributed by atoms with Crippen molar-refractivity contribution in [2.75, 3.05) is 12.8 Å². The maximum Gasteiger partial charge on any atom is 0.233 e. The Kier molecular flexibility index (Phi) is 5.40. The molecule has 0 bridgehead atoms. The number of thiazole rings is 1. The number of nitrogens with zero attached hydrogens (tertiary/aromatic N) is 4. The second kappa shape index (κ2) is 8.12. The fourth-order valence-corrected chi connectivity index (χ4v) is 4.43. The molecule has 1 amide bonds. The second-order valence-electron chi connectivity index (χ2n) is 6.45. The Hall–Kier alpha value is -2.71. The van der Waals surface area contributed by atoms with E-state index in [1.54, 1.807) is 23.3 Å². The predicted octanol–water partition coefficient (Wildman–Crippen LogP) is 4.14. The highest BCUT2D eigenvalue weighted by Crippen LogP contribution is 2.23. The van der Waals surface area contributed by atoms with Gasteiger partial charge in [-0.2, -0.15) is 0 Å². The fourth-order valence-electron chi connectivity index (χ4n) is 2.67. The van der Waals surface area contributed by atoms with Crippen LogP contribution in [-0.2, 0) is 11.3 Å². The first-order chi connectivity index (χ1) is 13.6. The van der Waals surface area contributed by atoms with Crippen LogP contribution in [0.3, 0.4) is 0 Å². The lowest BCUT2D eigenvalue weighted by Gasteiger charge is -2.14. The van der Waals surface area contributed by atoms with E-state index in [0.717, 1.165) is 20.8 Å². The lowest BCUT2D eigenvalue weighted by molar-refractivity contribution is -0.127. The van der Waals surface area contributed by atoms with Crippen LogP contribution in [0.1, 0.15) is 10.6 Å². The van der Waals surface area contributed by atoms with Crippen LogP contribution in [0.15, 0.2) is 53.7 Å². The molecule has 0 unspecified atom stereocenters. The summed E-state index contributed by atoms with van der Waals surface area (Å²) in [5, 5.41) is 8.64. The summed E-state index contributed by atoms with van der Waals surface area (Å²) in [4.78, 5) is 23.2. The van der Waals surface area contributed by atoms with Gasteiger partial charge in [-0.1, -0.05) is 53.7 Å². The number of fused-ring (bicyclic) bond motifs is 1. The maximum absolute atomic E-state index is 12.5. The SMILES string of the molecule is Cc1ccc(-c2nc(SCC(=O)N(C)Cc3nc4ccccc4s3)n[nH]2)cc1. The van der Waals surface area contributed by atoms with Crippen molar-refractivity contribution in [1.29, 1.82) is 0 Å². The van der Waals surface area contributed by atoms with Gasteiger partial charge < -0.3 is 4.90 Å². The highest BCUT2D eigenvalue weighted by atomic mass is 32.2. The molecule has 0 saturated carbocycles. The van der Waals surface area contributed by atoms with Gasteiger partial charge in [0.05, 0.1) is 22.5 Å². The Balaban J connectivity index is 1.34. The summed E-state index contributed by atoms with van der Waals surface area (Å²) in [5.41, 5.74) is 3.14. The molecular weight excluding hydrogens is 390 g/mol. The number of thioether (sulfide) groups is 1. The normalized spacial score (nSPS) is 11.1. The van der Waals surface area contributed by atoms with Gasteiger partial charge in [-0.05, 0) is 19.1 Å². The number of carbonyl (C=O) groups is 1. The number of nitrogens with one attached hydrogen (secondary N) is 1. The molecule has 2 aromatic heterocycles. The van der Waals surface area contributed by atoms with Crippen molar-refractivity contribution in [1.82, 2.24) is 25.1 Å². The number of amides is 1. The summed E-state index contributed by atoms with van der Waals surface area (Å²) in [5.74, 6) is 1.01. The number of aromatic nitrogens is 4. The van der Waals surface area contributed by atoms with Crippen LogP contribution in [0.2, 0.25) is 0 Å². The molecule has 0 aliphatic heterocycles. The zero-order valence-corrected chi connectivity index (χ0v) is 17.2. The number of aromatic amines is 1. The number of H-pyrrole nitrogens is 1. The maximum atomic E-state index is 12.5. The van der Waals surface area contributed by atoms with Crippen LogP contribution in [-0.4, -0.2) is 43.8 Å². The molecule has 0 aliphatic rings. The molecule has 0 saturated heterocycles. The molecule has 0 aliphatic carbocycles. The third kappa shape index (κ3) is 4.23. The largest absolute Gasteiger partial charge is 0.338 e. The van der Waals surface area contributed by atoms with E-state index < -0.39 is 0 Å². The number of para-hydroxylation sites is 1. The smallest absolute Gasteiger partial charge is 0.233 e. The highest BCUT2D eigenvalue weighted by Gasteiger charge is 2.14. The minimum absolute atomic E-state index is 0.0194. The van der Waals surface area contributed by atoms with Crippen LogP contribution in [0.5, 0.6) is 0 Å². The van der Waals surface area contributed by atoms with E-state index in [0.29, 0.717) is 17.5 Å². The van der Waals surface area contributed by atoms with Crippen LogP contribution in [0.25, 0.3) is 21.6 Å². The van der Waals surface area contributed by atoms with Crippen LogP contribution in [0.4, 0.5) is 0 Å². The quantitative estimate of drug-likeness (QED) is 0.485. The van der Waals surface area contributed by atoms with E-state index in [4.69, 9.17) is 0 Å². The van der Waals surface area contributed by atoms with E-state index in [1.165, 1.54) is 17.3 Å². The first-order valence-corrected chi connectivity index (χ1v) is 10.6. The van der Waals surface area contributed by atoms with E-state index in [9.17, 15) is 4.79 Å². The Bertz CT molecular complexity index is 1070. The average molecular weight is 410 g/mol. The molecule has 0 atom stereocenters. The molecule has 0 radical (unpaired) electrons. The second-order valence-corrected chi connectivity index (χ2v) is 8.50. The number of benzene rings is 2. The lowest BCUT2D eigenvalue weighted by atomic mass is 10.1. The number of rotatable bonds is 6. The van der Waals surface area contributed by atoms with Gasteiger partial charge in [0.15, 0.2) is 5.82 Å². The van der Waals surface area contributed by atoms with Gasteiger partial charge in [0.2, 0.25) is 11.1 Å². The third-order valence-electron chi connectivity index (χ3n) is 4.25. The Labute approximate surface area is 171 Å². The molecule has 4 rings (SSSR count). The molecule has 28 heavy (non-hydrogen) atoms. The van der Waals surface area contributed by atoms with Gasteiger partial charge >= 0.3 is 0 Å². The van der Waals surface area contributed by atoms with Gasteiger partial charge in [-0.25, -0.2) is 9.97 Å². The molecule has 2 aromatic carbocycles. The summed E-state index contributed by atoms with van der Waals surface area (Å²) < 4.78 is 1.14. The van der Waals surface area contributed by atoms with Crippen molar-refractivity contribution >= 4 is 39.2 Å². The van der Waals surface area contributed by atoms with Crippen molar-refractivity contribution in [3.05, 3.63) is 59.1 Å². The zero-order valence-electron chi connectivity index (χ0n) is 15.5. The van der Waals surface area contributed by atoms with Crippen molar-refractivity contribution in [3.63, 3.8) is 0 Å². The first kappa shape index (κ1) is 18.6. The first-order valence-electron chi connectivity index (χ1n) is 8.79.